The molecule has 5 nitrogen and oxygen atoms in total. The molecule has 82 valence electrons. The van der Waals surface area contributed by atoms with Gasteiger partial charge >= 0.3 is 0 Å². The van der Waals surface area contributed by atoms with Crippen molar-refractivity contribution in [1.82, 2.24) is 15.3 Å². The van der Waals surface area contributed by atoms with E-state index in [0.717, 1.165) is 0 Å². The molecule has 1 aromatic heterocycles. The van der Waals surface area contributed by atoms with Crippen LogP contribution in [0.2, 0.25) is 10.4 Å². The minimum Gasteiger partial charge on any atom is -0.394 e. The first-order chi connectivity index (χ1) is 7.02. The van der Waals surface area contributed by atoms with Crippen LogP contribution in [-0.2, 0) is 0 Å². The molecule has 0 aliphatic carbocycles. The molecule has 15 heavy (non-hydrogen) atoms. The molecule has 0 fully saturated rings. The molecule has 1 amide bonds. The Bertz CT molecular complexity index is 353. The van der Waals surface area contributed by atoms with Gasteiger partial charge in [0.1, 0.15) is 10.8 Å². The number of aromatic nitrogens is 2. The lowest BCUT2D eigenvalue weighted by Crippen LogP contribution is -2.35. The maximum Gasteiger partial charge on any atom is 0.270 e. The minimum absolute atomic E-state index is 0.0697. The molecular formula is C8H9Cl2N3O2. The van der Waals surface area contributed by atoms with Crippen molar-refractivity contribution in [3.63, 3.8) is 0 Å². The molecule has 0 radical (unpaired) electrons. The second-order valence-corrected chi connectivity index (χ2v) is 3.63. The molecule has 0 aromatic carbocycles. The molecule has 0 saturated heterocycles. The molecule has 7 heteroatoms. The molecule has 0 aliphatic rings. The Labute approximate surface area is 96.4 Å². The fourth-order valence-corrected chi connectivity index (χ4v) is 1.26. The average molecular weight is 250 g/mol. The van der Waals surface area contributed by atoms with Crippen molar-refractivity contribution in [1.29, 1.82) is 0 Å². The highest BCUT2D eigenvalue weighted by Gasteiger charge is 2.12. The van der Waals surface area contributed by atoms with Crippen LogP contribution in [0.3, 0.4) is 0 Å². The predicted molar refractivity (Wildman–Crippen MR) is 56.1 cm³/mol. The van der Waals surface area contributed by atoms with E-state index in [-0.39, 0.29) is 28.8 Å². The molecule has 1 aromatic rings. The normalized spacial score (nSPS) is 12.3. The highest BCUT2D eigenvalue weighted by molar-refractivity contribution is 6.32. The molecule has 0 aliphatic heterocycles. The predicted octanol–water partition coefficient (Wildman–Crippen LogP) is 0.894. The van der Waals surface area contributed by atoms with Crippen molar-refractivity contribution in [2.45, 2.75) is 13.0 Å². The largest absolute Gasteiger partial charge is 0.394 e. The van der Waals surface area contributed by atoms with Gasteiger partial charge in [-0.05, 0) is 18.5 Å². The van der Waals surface area contributed by atoms with Gasteiger partial charge in [-0.25, -0.2) is 9.97 Å². The van der Waals surface area contributed by atoms with Crippen molar-refractivity contribution in [2.75, 3.05) is 6.61 Å². The Kier molecular flexibility index (Phi) is 4.26. The lowest BCUT2D eigenvalue weighted by molar-refractivity contribution is 0.0917. The number of amides is 1. The van der Waals surface area contributed by atoms with Crippen molar-refractivity contribution in [2.24, 2.45) is 0 Å². The smallest absolute Gasteiger partial charge is 0.270 e. The van der Waals surface area contributed by atoms with Gasteiger partial charge in [-0.2, -0.15) is 0 Å². The SMILES string of the molecule is C[C@@H](CO)NC(=O)c1cc(Cl)nc(Cl)n1. The first-order valence-electron chi connectivity index (χ1n) is 4.14. The molecular weight excluding hydrogens is 241 g/mol. The van der Waals surface area contributed by atoms with E-state index in [4.69, 9.17) is 28.3 Å². The number of hydrogen-bond acceptors (Lipinski definition) is 4. The number of nitrogens with one attached hydrogen (secondary N) is 1. The number of carbonyl (C=O) groups is 1. The van der Waals surface area contributed by atoms with Crippen LogP contribution in [0.4, 0.5) is 0 Å². The lowest BCUT2D eigenvalue weighted by Gasteiger charge is -2.09. The zero-order chi connectivity index (χ0) is 11.4. The fourth-order valence-electron chi connectivity index (χ4n) is 0.850. The standard InChI is InChI=1S/C8H9Cl2N3O2/c1-4(3-14)11-7(15)5-2-6(9)13-8(10)12-5/h2,4,14H,3H2,1H3,(H,11,15)/t4-/m0/s1. The minimum atomic E-state index is -0.456. The number of halogens is 2. The first kappa shape index (κ1) is 12.2. The van der Waals surface area contributed by atoms with E-state index in [1.54, 1.807) is 6.92 Å². The lowest BCUT2D eigenvalue weighted by atomic mass is 10.3. The summed E-state index contributed by atoms with van der Waals surface area (Å²) in [6, 6.07) is 0.942. The maximum absolute atomic E-state index is 11.5. The Morgan fingerprint density at radius 2 is 2.27 bits per heavy atom. The van der Waals surface area contributed by atoms with E-state index in [0.29, 0.717) is 0 Å². The quantitative estimate of drug-likeness (QED) is 0.617. The molecule has 0 spiro atoms. The highest BCUT2D eigenvalue weighted by Crippen LogP contribution is 2.10. The van der Waals surface area contributed by atoms with Gasteiger partial charge in [-0.1, -0.05) is 11.6 Å². The van der Waals surface area contributed by atoms with E-state index in [1.807, 2.05) is 0 Å². The Hall–Kier alpha value is -0.910. The van der Waals surface area contributed by atoms with E-state index in [1.165, 1.54) is 6.07 Å². The Morgan fingerprint density at radius 3 is 2.80 bits per heavy atom. The number of nitrogens with zero attached hydrogens (tertiary/aromatic N) is 2. The number of aliphatic hydroxyl groups excluding tert-OH is 1. The van der Waals surface area contributed by atoms with E-state index in [2.05, 4.69) is 15.3 Å². The number of rotatable bonds is 3. The summed E-state index contributed by atoms with van der Waals surface area (Å²) >= 11 is 11.1. The van der Waals surface area contributed by atoms with Crippen LogP contribution in [0.15, 0.2) is 6.07 Å². The zero-order valence-corrected chi connectivity index (χ0v) is 9.38. The summed E-state index contributed by atoms with van der Waals surface area (Å²) < 4.78 is 0. The Balaban J connectivity index is 2.82. The zero-order valence-electron chi connectivity index (χ0n) is 7.87. The molecule has 2 N–H and O–H groups in total. The third-order valence-electron chi connectivity index (χ3n) is 1.55. The molecule has 0 unspecified atom stereocenters. The van der Waals surface area contributed by atoms with Crippen LogP contribution in [-0.4, -0.2) is 33.6 Å². The van der Waals surface area contributed by atoms with Gasteiger partial charge in [-0.15, -0.1) is 0 Å². The maximum atomic E-state index is 11.5. The van der Waals surface area contributed by atoms with E-state index in [9.17, 15) is 4.79 Å². The second kappa shape index (κ2) is 5.25. The van der Waals surface area contributed by atoms with Crippen LogP contribution in [0.1, 0.15) is 17.4 Å². The van der Waals surface area contributed by atoms with Crippen molar-refractivity contribution >= 4 is 29.1 Å². The summed E-state index contributed by atoms with van der Waals surface area (Å²) in [4.78, 5) is 18.8. The van der Waals surface area contributed by atoms with Crippen LogP contribution < -0.4 is 5.32 Å². The van der Waals surface area contributed by atoms with Gasteiger partial charge in [0.25, 0.3) is 5.91 Å². The topological polar surface area (TPSA) is 75.1 Å². The second-order valence-electron chi connectivity index (χ2n) is 2.90. The molecule has 1 rings (SSSR count). The van der Waals surface area contributed by atoms with Crippen molar-refractivity contribution in [3.8, 4) is 0 Å². The molecule has 1 heterocycles. The highest BCUT2D eigenvalue weighted by atomic mass is 35.5. The summed E-state index contributed by atoms with van der Waals surface area (Å²) in [5.41, 5.74) is 0.0697. The third kappa shape index (κ3) is 3.62. The van der Waals surface area contributed by atoms with Gasteiger partial charge in [0.05, 0.1) is 6.61 Å². The van der Waals surface area contributed by atoms with Gasteiger partial charge in [0.15, 0.2) is 0 Å². The number of hydrogen-bond donors (Lipinski definition) is 2. The summed E-state index contributed by atoms with van der Waals surface area (Å²) in [7, 11) is 0. The molecule has 0 bridgehead atoms. The summed E-state index contributed by atoms with van der Waals surface area (Å²) in [6.45, 7) is 1.50. The van der Waals surface area contributed by atoms with Crippen molar-refractivity contribution in [3.05, 3.63) is 22.2 Å². The monoisotopic (exact) mass is 249 g/mol. The van der Waals surface area contributed by atoms with E-state index < -0.39 is 5.91 Å². The van der Waals surface area contributed by atoms with Crippen LogP contribution in [0.5, 0.6) is 0 Å². The van der Waals surface area contributed by atoms with Gasteiger partial charge in [-0.3, -0.25) is 4.79 Å². The van der Waals surface area contributed by atoms with Gasteiger partial charge in [0, 0.05) is 12.1 Å². The summed E-state index contributed by atoms with van der Waals surface area (Å²) in [5.74, 6) is -0.456. The molecule has 0 saturated carbocycles. The van der Waals surface area contributed by atoms with Gasteiger partial charge in [0.2, 0.25) is 5.28 Å². The first-order valence-corrected chi connectivity index (χ1v) is 4.90. The fraction of sp³-hybridized carbons (Fsp3) is 0.375. The van der Waals surface area contributed by atoms with Crippen LogP contribution >= 0.6 is 23.2 Å². The number of aliphatic hydroxyl groups is 1. The average Bonchev–Trinajstić information content (AvgIpc) is 2.16. The summed E-state index contributed by atoms with van der Waals surface area (Å²) in [5, 5.41) is 11.2. The van der Waals surface area contributed by atoms with Gasteiger partial charge < -0.3 is 10.4 Å². The summed E-state index contributed by atoms with van der Waals surface area (Å²) in [6.07, 6.45) is 0. The number of carbonyl (C=O) groups excluding carboxylic acids is 1. The van der Waals surface area contributed by atoms with E-state index >= 15 is 0 Å². The third-order valence-corrected chi connectivity index (χ3v) is 1.91. The Morgan fingerprint density at radius 1 is 1.60 bits per heavy atom. The van der Waals surface area contributed by atoms with Crippen molar-refractivity contribution < 1.29 is 9.90 Å². The van der Waals surface area contributed by atoms with Crippen LogP contribution in [0, 0.1) is 0 Å². The molecule has 1 atom stereocenters. The van der Waals surface area contributed by atoms with Crippen LogP contribution in [0.25, 0.3) is 0 Å².